The summed E-state index contributed by atoms with van der Waals surface area (Å²) in [6, 6.07) is 8.77. The number of benzene rings is 1. The first-order valence-electron chi connectivity index (χ1n) is 7.07. The number of nitrogens with one attached hydrogen (secondary N) is 1. The highest BCUT2D eigenvalue weighted by Gasteiger charge is 2.38. The molecule has 0 radical (unpaired) electrons. The Bertz CT molecular complexity index is 396. The lowest BCUT2D eigenvalue weighted by Crippen LogP contribution is -2.45. The fourth-order valence-corrected chi connectivity index (χ4v) is 2.87. The van der Waals surface area contributed by atoms with Crippen LogP contribution >= 0.6 is 0 Å². The fourth-order valence-electron chi connectivity index (χ4n) is 2.87. The van der Waals surface area contributed by atoms with E-state index in [2.05, 4.69) is 23.5 Å². The van der Waals surface area contributed by atoms with Crippen LogP contribution in [-0.2, 0) is 11.2 Å². The Kier molecular flexibility index (Phi) is 4.83. The third-order valence-electron chi connectivity index (χ3n) is 4.34. The van der Waals surface area contributed by atoms with Crippen LogP contribution in [0.15, 0.2) is 24.3 Å². The van der Waals surface area contributed by atoms with Gasteiger partial charge in [0.25, 0.3) is 0 Å². The predicted octanol–water partition coefficient (Wildman–Crippen LogP) is 2.78. The van der Waals surface area contributed by atoms with Crippen LogP contribution in [0.1, 0.15) is 31.2 Å². The van der Waals surface area contributed by atoms with Crippen molar-refractivity contribution in [3.05, 3.63) is 29.8 Å². The molecular formula is C16H25NO2. The molecule has 1 aromatic rings. The normalized spacial score (nSPS) is 18.7. The Morgan fingerprint density at radius 2 is 2.11 bits per heavy atom. The molecule has 1 N–H and O–H groups in total. The van der Waals surface area contributed by atoms with E-state index in [-0.39, 0.29) is 5.60 Å². The van der Waals surface area contributed by atoms with E-state index < -0.39 is 0 Å². The Morgan fingerprint density at radius 3 is 2.63 bits per heavy atom. The molecule has 1 aromatic carbocycles. The van der Waals surface area contributed by atoms with Gasteiger partial charge in [0.05, 0.1) is 12.7 Å². The van der Waals surface area contributed by atoms with Crippen LogP contribution in [0.3, 0.4) is 0 Å². The van der Waals surface area contributed by atoms with Crippen LogP contribution in [0.2, 0.25) is 0 Å². The molecule has 1 aliphatic carbocycles. The van der Waals surface area contributed by atoms with Crippen molar-refractivity contribution < 1.29 is 9.47 Å². The third-order valence-corrected chi connectivity index (χ3v) is 4.34. The summed E-state index contributed by atoms with van der Waals surface area (Å²) in [5.74, 6) is 0.928. The second-order valence-electron chi connectivity index (χ2n) is 5.49. The van der Waals surface area contributed by atoms with Gasteiger partial charge in [0, 0.05) is 13.2 Å². The lowest BCUT2D eigenvalue weighted by Gasteiger charge is -2.42. The summed E-state index contributed by atoms with van der Waals surface area (Å²) in [4.78, 5) is 0. The summed E-state index contributed by atoms with van der Waals surface area (Å²) in [5.41, 5.74) is 1.43. The quantitative estimate of drug-likeness (QED) is 0.820. The average molecular weight is 263 g/mol. The third kappa shape index (κ3) is 3.48. The fraction of sp³-hybridized carbons (Fsp3) is 0.625. The van der Waals surface area contributed by atoms with E-state index in [4.69, 9.17) is 9.47 Å². The molecule has 1 aliphatic rings. The average Bonchev–Trinajstić information content (AvgIpc) is 2.41. The van der Waals surface area contributed by atoms with E-state index in [9.17, 15) is 0 Å². The van der Waals surface area contributed by atoms with E-state index in [1.54, 1.807) is 7.11 Å². The van der Waals surface area contributed by atoms with Crippen LogP contribution < -0.4 is 10.1 Å². The largest absolute Gasteiger partial charge is 0.497 e. The maximum Gasteiger partial charge on any atom is 0.119 e. The molecule has 1 atom stereocenters. The van der Waals surface area contributed by atoms with Crippen molar-refractivity contribution >= 4 is 0 Å². The standard InChI is InChI=1S/C16H25NO2/c1-17-14(12-16(19-3)8-5-9-16)10-13-6-4-7-15(11-13)18-2/h4,6-7,11,14,17H,5,8-10,12H2,1-3H3. The molecule has 0 saturated heterocycles. The first-order chi connectivity index (χ1) is 9.21. The van der Waals surface area contributed by atoms with Gasteiger partial charge in [-0.05, 0) is 56.8 Å². The van der Waals surface area contributed by atoms with Gasteiger partial charge in [-0.2, -0.15) is 0 Å². The number of likely N-dealkylation sites (N-methyl/N-ethyl adjacent to an activating group) is 1. The van der Waals surface area contributed by atoms with Crippen LogP contribution in [-0.4, -0.2) is 32.9 Å². The van der Waals surface area contributed by atoms with E-state index in [0.717, 1.165) is 18.6 Å². The zero-order valence-corrected chi connectivity index (χ0v) is 12.2. The SMILES string of the molecule is CNC(Cc1cccc(OC)c1)CC1(OC)CCC1. The number of hydrogen-bond acceptors (Lipinski definition) is 3. The minimum absolute atomic E-state index is 0.118. The first kappa shape index (κ1) is 14.4. The molecule has 1 saturated carbocycles. The van der Waals surface area contributed by atoms with Crippen molar-refractivity contribution in [2.24, 2.45) is 0 Å². The number of ether oxygens (including phenoxy) is 2. The van der Waals surface area contributed by atoms with Gasteiger partial charge in [-0.3, -0.25) is 0 Å². The molecule has 106 valence electrons. The zero-order chi connectivity index (χ0) is 13.7. The van der Waals surface area contributed by atoms with Crippen LogP contribution in [0, 0.1) is 0 Å². The summed E-state index contributed by atoms with van der Waals surface area (Å²) in [6.45, 7) is 0. The molecule has 0 spiro atoms. The van der Waals surface area contributed by atoms with Gasteiger partial charge < -0.3 is 14.8 Å². The molecule has 19 heavy (non-hydrogen) atoms. The number of methoxy groups -OCH3 is 2. The maximum absolute atomic E-state index is 5.72. The lowest BCUT2D eigenvalue weighted by atomic mass is 9.75. The molecule has 0 bridgehead atoms. The highest BCUT2D eigenvalue weighted by atomic mass is 16.5. The van der Waals surface area contributed by atoms with Crippen molar-refractivity contribution in [1.29, 1.82) is 0 Å². The minimum Gasteiger partial charge on any atom is -0.497 e. The monoisotopic (exact) mass is 263 g/mol. The summed E-state index contributed by atoms with van der Waals surface area (Å²) >= 11 is 0. The van der Waals surface area contributed by atoms with Crippen LogP contribution in [0.4, 0.5) is 0 Å². The van der Waals surface area contributed by atoms with Crippen LogP contribution in [0.25, 0.3) is 0 Å². The van der Waals surface area contributed by atoms with E-state index >= 15 is 0 Å². The smallest absolute Gasteiger partial charge is 0.119 e. The lowest BCUT2D eigenvalue weighted by molar-refractivity contribution is -0.0830. The van der Waals surface area contributed by atoms with Crippen molar-refractivity contribution in [3.8, 4) is 5.75 Å². The van der Waals surface area contributed by atoms with Crippen molar-refractivity contribution in [1.82, 2.24) is 5.32 Å². The van der Waals surface area contributed by atoms with Gasteiger partial charge in [-0.15, -0.1) is 0 Å². The van der Waals surface area contributed by atoms with Gasteiger partial charge >= 0.3 is 0 Å². The highest BCUT2D eigenvalue weighted by Crippen LogP contribution is 2.39. The summed E-state index contributed by atoms with van der Waals surface area (Å²) < 4.78 is 11.0. The number of rotatable bonds is 7. The second kappa shape index (κ2) is 6.40. The van der Waals surface area contributed by atoms with Crippen molar-refractivity contribution in [3.63, 3.8) is 0 Å². The summed E-state index contributed by atoms with van der Waals surface area (Å²) in [5, 5.41) is 3.43. The maximum atomic E-state index is 5.72. The van der Waals surface area contributed by atoms with E-state index in [1.165, 1.54) is 24.8 Å². The van der Waals surface area contributed by atoms with Gasteiger partial charge in [0.15, 0.2) is 0 Å². The van der Waals surface area contributed by atoms with Crippen molar-refractivity contribution in [2.45, 2.75) is 43.7 Å². The molecule has 0 aromatic heterocycles. The Labute approximate surface area is 116 Å². The van der Waals surface area contributed by atoms with Crippen molar-refractivity contribution in [2.75, 3.05) is 21.3 Å². The molecule has 3 heteroatoms. The summed E-state index contributed by atoms with van der Waals surface area (Å²) in [7, 11) is 5.59. The molecule has 1 fully saturated rings. The summed E-state index contributed by atoms with van der Waals surface area (Å²) in [6.07, 6.45) is 5.78. The van der Waals surface area contributed by atoms with Gasteiger partial charge in [0.2, 0.25) is 0 Å². The van der Waals surface area contributed by atoms with E-state index in [0.29, 0.717) is 6.04 Å². The molecule has 1 unspecified atom stereocenters. The molecule has 0 heterocycles. The first-order valence-corrected chi connectivity index (χ1v) is 7.07. The van der Waals surface area contributed by atoms with Gasteiger partial charge in [0.1, 0.15) is 5.75 Å². The Morgan fingerprint density at radius 1 is 1.32 bits per heavy atom. The van der Waals surface area contributed by atoms with Gasteiger partial charge in [-0.25, -0.2) is 0 Å². The van der Waals surface area contributed by atoms with Crippen LogP contribution in [0.5, 0.6) is 5.75 Å². The highest BCUT2D eigenvalue weighted by molar-refractivity contribution is 5.29. The Hall–Kier alpha value is -1.06. The Balaban J connectivity index is 1.98. The number of hydrogen-bond donors (Lipinski definition) is 1. The van der Waals surface area contributed by atoms with Gasteiger partial charge in [-0.1, -0.05) is 12.1 Å². The molecular weight excluding hydrogens is 238 g/mol. The second-order valence-corrected chi connectivity index (χ2v) is 5.49. The van der Waals surface area contributed by atoms with E-state index in [1.807, 2.05) is 20.2 Å². The molecule has 0 aliphatic heterocycles. The minimum atomic E-state index is 0.118. The molecule has 2 rings (SSSR count). The molecule has 3 nitrogen and oxygen atoms in total. The zero-order valence-electron chi connectivity index (χ0n) is 12.2. The predicted molar refractivity (Wildman–Crippen MR) is 77.8 cm³/mol. The topological polar surface area (TPSA) is 30.5 Å². The molecule has 0 amide bonds.